The summed E-state index contributed by atoms with van der Waals surface area (Å²) >= 11 is 0. The summed E-state index contributed by atoms with van der Waals surface area (Å²) in [6.45, 7) is 9.46. The van der Waals surface area contributed by atoms with E-state index in [1.54, 1.807) is 57.7 Å². The van der Waals surface area contributed by atoms with Crippen molar-refractivity contribution in [3.05, 3.63) is 53.6 Å². The van der Waals surface area contributed by atoms with Crippen molar-refractivity contribution in [3.63, 3.8) is 0 Å². The molecule has 8 nitrogen and oxygen atoms in total. The number of likely N-dealkylation sites (tertiary alicyclic amines) is 1. The van der Waals surface area contributed by atoms with Gasteiger partial charge >= 0.3 is 6.09 Å². The van der Waals surface area contributed by atoms with Crippen LogP contribution in [0.5, 0.6) is 0 Å². The van der Waals surface area contributed by atoms with Gasteiger partial charge in [-0.05, 0) is 82.9 Å². The van der Waals surface area contributed by atoms with Crippen LogP contribution in [0.1, 0.15) is 44.7 Å². The number of nitrogens with zero attached hydrogens (tertiary/aromatic N) is 1. The fourth-order valence-corrected chi connectivity index (χ4v) is 6.87. The van der Waals surface area contributed by atoms with E-state index in [0.29, 0.717) is 37.1 Å². The zero-order valence-corrected chi connectivity index (χ0v) is 21.8. The number of piperidine rings is 1. The maximum Gasteiger partial charge on any atom is 0.410 e. The Morgan fingerprint density at radius 1 is 0.971 bits per heavy atom. The molecular weight excluding hydrogens is 476 g/mol. The van der Waals surface area contributed by atoms with Crippen LogP contribution in [-0.2, 0) is 24.6 Å². The first-order valence-corrected chi connectivity index (χ1v) is 14.1. The highest BCUT2D eigenvalue weighted by Crippen LogP contribution is 2.28. The molecule has 0 aliphatic carbocycles. The number of aryl methyl sites for hydroxylation is 1. The van der Waals surface area contributed by atoms with E-state index in [9.17, 15) is 21.6 Å². The van der Waals surface area contributed by atoms with Crippen LogP contribution < -0.4 is 4.72 Å². The van der Waals surface area contributed by atoms with Gasteiger partial charge in [0.2, 0.25) is 19.9 Å². The maximum absolute atomic E-state index is 13.3. The number of nitrogens with one attached hydrogen (secondary N) is 1. The lowest BCUT2D eigenvalue weighted by Gasteiger charge is -2.33. The normalized spacial score (nSPS) is 15.9. The highest BCUT2D eigenvalue weighted by Gasteiger charge is 2.31. The van der Waals surface area contributed by atoms with Crippen molar-refractivity contribution < 1.29 is 26.4 Å². The third kappa shape index (κ3) is 5.97. The van der Waals surface area contributed by atoms with E-state index in [1.807, 2.05) is 0 Å². The van der Waals surface area contributed by atoms with Crippen molar-refractivity contribution in [1.82, 2.24) is 9.62 Å². The molecule has 10 heteroatoms. The van der Waals surface area contributed by atoms with Gasteiger partial charge in [-0.25, -0.2) is 26.4 Å². The van der Waals surface area contributed by atoms with E-state index < -0.39 is 31.6 Å². The minimum Gasteiger partial charge on any atom is -0.444 e. The van der Waals surface area contributed by atoms with E-state index in [2.05, 4.69) is 4.72 Å². The molecule has 0 aromatic heterocycles. The third-order valence-electron chi connectivity index (χ3n) is 5.72. The van der Waals surface area contributed by atoms with E-state index in [1.165, 1.54) is 24.3 Å². The first kappa shape index (κ1) is 26.2. The SMILES string of the molecule is Cc1cc(S(=O)(=O)c2ccccc2)cc(S(=O)(=O)NC2CCN(C(=O)OC(C)(C)C)CC2)c1C. The monoisotopic (exact) mass is 508 g/mol. The van der Waals surface area contributed by atoms with E-state index in [4.69, 9.17) is 4.74 Å². The van der Waals surface area contributed by atoms with Crippen molar-refractivity contribution in [3.8, 4) is 0 Å². The van der Waals surface area contributed by atoms with Gasteiger partial charge in [0, 0.05) is 19.1 Å². The summed E-state index contributed by atoms with van der Waals surface area (Å²) in [6, 6.07) is 10.3. The summed E-state index contributed by atoms with van der Waals surface area (Å²) in [5, 5.41) is 0. The van der Waals surface area contributed by atoms with Gasteiger partial charge in [-0.15, -0.1) is 0 Å². The fraction of sp³-hybridized carbons (Fsp3) is 0.458. The van der Waals surface area contributed by atoms with Crippen LogP contribution in [0.3, 0.4) is 0 Å². The smallest absolute Gasteiger partial charge is 0.410 e. The average Bonchev–Trinajstić information content (AvgIpc) is 2.75. The van der Waals surface area contributed by atoms with Crippen LogP contribution in [0.2, 0.25) is 0 Å². The Balaban J connectivity index is 1.80. The number of rotatable bonds is 5. The van der Waals surface area contributed by atoms with E-state index >= 15 is 0 Å². The number of benzene rings is 2. The molecule has 2 aromatic carbocycles. The molecule has 2 aromatic rings. The van der Waals surface area contributed by atoms with E-state index in [0.717, 1.165) is 0 Å². The second-order valence-electron chi connectivity index (χ2n) is 9.54. The Kier molecular flexibility index (Phi) is 7.45. The third-order valence-corrected chi connectivity index (χ3v) is 9.11. The molecule has 186 valence electrons. The van der Waals surface area contributed by atoms with E-state index in [-0.39, 0.29) is 20.7 Å². The van der Waals surface area contributed by atoms with Gasteiger partial charge in [0.05, 0.1) is 14.7 Å². The lowest BCUT2D eigenvalue weighted by Crippen LogP contribution is -2.47. The van der Waals surface area contributed by atoms with Crippen molar-refractivity contribution in [2.75, 3.05) is 13.1 Å². The molecule has 0 bridgehead atoms. The number of amides is 1. The lowest BCUT2D eigenvalue weighted by atomic mass is 10.1. The second kappa shape index (κ2) is 9.67. The largest absolute Gasteiger partial charge is 0.444 e. The highest BCUT2D eigenvalue weighted by molar-refractivity contribution is 7.91. The van der Waals surface area contributed by atoms with Gasteiger partial charge in [-0.1, -0.05) is 18.2 Å². The molecule has 0 radical (unpaired) electrons. The lowest BCUT2D eigenvalue weighted by molar-refractivity contribution is 0.0203. The van der Waals surface area contributed by atoms with Gasteiger partial charge in [-0.3, -0.25) is 0 Å². The van der Waals surface area contributed by atoms with Crippen LogP contribution in [0.15, 0.2) is 57.2 Å². The Labute approximate surface area is 202 Å². The molecule has 0 atom stereocenters. The number of sulfonamides is 1. The van der Waals surface area contributed by atoms with Crippen molar-refractivity contribution in [2.45, 2.75) is 73.8 Å². The zero-order valence-electron chi connectivity index (χ0n) is 20.2. The molecule has 0 unspecified atom stereocenters. The van der Waals surface area contributed by atoms with Crippen LogP contribution in [0.25, 0.3) is 0 Å². The molecule has 0 spiro atoms. The number of ether oxygens (including phenoxy) is 1. The molecule has 34 heavy (non-hydrogen) atoms. The van der Waals surface area contributed by atoms with Gasteiger partial charge in [-0.2, -0.15) is 0 Å². The molecule has 3 rings (SSSR count). The van der Waals surface area contributed by atoms with Gasteiger partial charge < -0.3 is 9.64 Å². The van der Waals surface area contributed by atoms with Crippen LogP contribution in [0, 0.1) is 13.8 Å². The van der Waals surface area contributed by atoms with Crippen molar-refractivity contribution in [2.24, 2.45) is 0 Å². The van der Waals surface area contributed by atoms with Crippen molar-refractivity contribution in [1.29, 1.82) is 0 Å². The Hall–Kier alpha value is -2.43. The predicted octanol–water partition coefficient (Wildman–Crippen LogP) is 3.81. The topological polar surface area (TPSA) is 110 Å². The summed E-state index contributed by atoms with van der Waals surface area (Å²) in [5.41, 5.74) is 0.457. The predicted molar refractivity (Wildman–Crippen MR) is 129 cm³/mol. The summed E-state index contributed by atoms with van der Waals surface area (Å²) in [6.07, 6.45) is 0.441. The molecule has 1 fully saturated rings. The number of carbonyl (C=O) groups excluding carboxylic acids is 1. The minimum absolute atomic E-state index is 0.0587. The maximum atomic E-state index is 13.3. The molecule has 1 aliphatic heterocycles. The highest BCUT2D eigenvalue weighted by atomic mass is 32.2. The van der Waals surface area contributed by atoms with Gasteiger partial charge in [0.1, 0.15) is 5.60 Å². The summed E-state index contributed by atoms with van der Waals surface area (Å²) in [7, 11) is -7.87. The number of sulfone groups is 1. The van der Waals surface area contributed by atoms with Crippen LogP contribution in [0.4, 0.5) is 4.79 Å². The Morgan fingerprint density at radius 3 is 2.12 bits per heavy atom. The number of hydrogen-bond donors (Lipinski definition) is 1. The molecule has 1 aliphatic rings. The number of hydrogen-bond acceptors (Lipinski definition) is 6. The first-order valence-electron chi connectivity index (χ1n) is 11.1. The fourth-order valence-electron chi connectivity index (χ4n) is 3.75. The summed E-state index contributed by atoms with van der Waals surface area (Å²) in [5.74, 6) is 0. The van der Waals surface area contributed by atoms with Crippen LogP contribution in [-0.4, -0.2) is 52.6 Å². The molecular formula is C24H32N2O6S2. The van der Waals surface area contributed by atoms with Crippen molar-refractivity contribution >= 4 is 26.0 Å². The van der Waals surface area contributed by atoms with Gasteiger partial charge in [0.25, 0.3) is 0 Å². The Morgan fingerprint density at radius 2 is 1.56 bits per heavy atom. The summed E-state index contributed by atoms with van der Waals surface area (Å²) in [4.78, 5) is 13.8. The molecule has 1 amide bonds. The summed E-state index contributed by atoms with van der Waals surface area (Å²) < 4.78 is 60.9. The Bertz CT molecular complexity index is 1260. The average molecular weight is 509 g/mol. The number of carbonyl (C=O) groups is 1. The van der Waals surface area contributed by atoms with Crippen LogP contribution >= 0.6 is 0 Å². The quantitative estimate of drug-likeness (QED) is 0.658. The molecule has 1 heterocycles. The van der Waals surface area contributed by atoms with Gasteiger partial charge in [0.15, 0.2) is 0 Å². The zero-order chi connectivity index (χ0) is 25.3. The molecule has 1 N–H and O–H groups in total. The second-order valence-corrected chi connectivity index (χ2v) is 13.2. The molecule has 1 saturated heterocycles. The first-order chi connectivity index (χ1) is 15.7. The molecule has 0 saturated carbocycles. The standard InChI is InChI=1S/C24H32N2O6S2/c1-17-15-21(33(28,29)20-9-7-6-8-10-20)16-22(18(17)2)34(30,31)25-19-11-13-26(14-12-19)23(27)32-24(3,4)5/h6-10,15-16,19,25H,11-14H2,1-5H3. The minimum atomic E-state index is -3.99.